The molecule has 9 heteroatoms. The Labute approximate surface area is 284 Å². The Bertz CT molecular complexity index is 868. The van der Waals surface area contributed by atoms with Gasteiger partial charge in [0.1, 0.15) is 0 Å². The van der Waals surface area contributed by atoms with Crippen molar-refractivity contribution in [3.05, 3.63) is 71.8 Å². The summed E-state index contributed by atoms with van der Waals surface area (Å²) < 4.78 is 56.4. The van der Waals surface area contributed by atoms with Crippen LogP contribution in [0.3, 0.4) is 0 Å². The van der Waals surface area contributed by atoms with Gasteiger partial charge < -0.3 is 33.2 Å². The molecule has 0 saturated carbocycles. The molecule has 2 unspecified atom stereocenters. The molecule has 0 aromatic heterocycles. The maximum atomic E-state index is 6.56. The average molecular weight is 663 g/mol. The zero-order chi connectivity index (χ0) is 34.1. The van der Waals surface area contributed by atoms with Crippen LogP contribution < -0.4 is 0 Å². The van der Waals surface area contributed by atoms with Crippen LogP contribution in [0.2, 0.25) is 0 Å². The minimum absolute atomic E-state index is 0.105. The molecule has 0 aliphatic heterocycles. The second-order valence-corrected chi connectivity index (χ2v) is 11.5. The Balaban J connectivity index is 2.19. The largest absolute Gasteiger partial charge is 0.329 e. The molecule has 0 spiro atoms. The number of hydrogen-bond donors (Lipinski definition) is 0. The molecule has 0 N–H and O–H groups in total. The molecule has 2 aromatic rings. The van der Waals surface area contributed by atoms with Gasteiger partial charge in [0.15, 0.2) is 26.2 Å². The zero-order valence-electron chi connectivity index (χ0n) is 29.9. The van der Waals surface area contributed by atoms with Gasteiger partial charge in [0.25, 0.3) is 11.9 Å². The van der Waals surface area contributed by atoms with Crippen molar-refractivity contribution in [3.8, 4) is 0 Å². The fourth-order valence-corrected chi connectivity index (χ4v) is 4.64. The van der Waals surface area contributed by atoms with Crippen molar-refractivity contribution in [2.45, 2.75) is 130 Å². The molecule has 2 atom stereocenters. The summed E-state index contributed by atoms with van der Waals surface area (Å²) in [7, 11) is 0. The second-order valence-electron chi connectivity index (χ2n) is 11.5. The van der Waals surface area contributed by atoms with Crippen molar-refractivity contribution in [2.24, 2.45) is 0 Å². The molecular formula is C38H62O9. The summed E-state index contributed by atoms with van der Waals surface area (Å²) in [5.41, 5.74) is 1.65. The summed E-state index contributed by atoms with van der Waals surface area (Å²) in [4.78, 5) is 0. The molecule has 0 bridgehead atoms. The van der Waals surface area contributed by atoms with Gasteiger partial charge in [-0.2, -0.15) is 0 Å². The normalized spacial score (nSPS) is 13.6. The van der Waals surface area contributed by atoms with E-state index in [-0.39, 0.29) is 13.6 Å². The van der Waals surface area contributed by atoms with E-state index in [0.29, 0.717) is 39.3 Å². The molecule has 0 radical (unpaired) electrons. The summed E-state index contributed by atoms with van der Waals surface area (Å²) in [5, 5.41) is 0. The van der Waals surface area contributed by atoms with E-state index < -0.39 is 24.5 Å². The molecule has 9 nitrogen and oxygen atoms in total. The second kappa shape index (κ2) is 25.1. The highest BCUT2D eigenvalue weighted by atomic mass is 16.9. The van der Waals surface area contributed by atoms with Gasteiger partial charge in [-0.05, 0) is 38.5 Å². The molecule has 0 amide bonds. The van der Waals surface area contributed by atoms with Gasteiger partial charge >= 0.3 is 0 Å². The number of ether oxygens (including phenoxy) is 9. The predicted octanol–water partition coefficient (Wildman–Crippen LogP) is 9.78. The Morgan fingerprint density at radius 3 is 1.11 bits per heavy atom. The van der Waals surface area contributed by atoms with Gasteiger partial charge in [0.05, 0.1) is 26.4 Å². The van der Waals surface area contributed by atoms with Crippen molar-refractivity contribution < 1.29 is 42.6 Å². The summed E-state index contributed by atoms with van der Waals surface area (Å²) in [6.07, 6.45) is 6.62. The number of hydrogen-bond acceptors (Lipinski definition) is 9. The van der Waals surface area contributed by atoms with Crippen LogP contribution >= 0.6 is 0 Å². The van der Waals surface area contributed by atoms with Gasteiger partial charge in [0.2, 0.25) is 0 Å². The van der Waals surface area contributed by atoms with Crippen LogP contribution in [0, 0.1) is 0 Å². The van der Waals surface area contributed by atoms with E-state index in [9.17, 15) is 0 Å². The highest BCUT2D eigenvalue weighted by Gasteiger charge is 2.38. The van der Waals surface area contributed by atoms with E-state index >= 15 is 0 Å². The molecular weight excluding hydrogens is 600 g/mol. The predicted molar refractivity (Wildman–Crippen MR) is 183 cm³/mol. The highest BCUT2D eigenvalue weighted by Crippen LogP contribution is 2.34. The maximum Gasteiger partial charge on any atom is 0.285 e. The lowest BCUT2D eigenvalue weighted by Crippen LogP contribution is -2.42. The third-order valence-electron chi connectivity index (χ3n) is 7.10. The third kappa shape index (κ3) is 15.9. The SMILES string of the molecule is CCCCC(OCCC)(OCCC)OC(OCOCOC(OC(CCCC)(OCCC)OCCC)c1ccccc1)c1ccccc1. The molecule has 2 rings (SSSR count). The maximum absolute atomic E-state index is 6.56. The number of rotatable bonds is 30. The summed E-state index contributed by atoms with van der Waals surface area (Å²) >= 11 is 0. The van der Waals surface area contributed by atoms with E-state index in [1.165, 1.54) is 0 Å². The summed E-state index contributed by atoms with van der Waals surface area (Å²) in [5.74, 6) is -2.46. The number of unbranched alkanes of at least 4 members (excludes halogenated alkanes) is 2. The lowest BCUT2D eigenvalue weighted by atomic mass is 10.2. The van der Waals surface area contributed by atoms with Crippen molar-refractivity contribution >= 4 is 0 Å². The van der Waals surface area contributed by atoms with E-state index in [1.54, 1.807) is 0 Å². The van der Waals surface area contributed by atoms with Crippen LogP contribution in [0.4, 0.5) is 0 Å². The van der Waals surface area contributed by atoms with Gasteiger partial charge in [-0.1, -0.05) is 115 Å². The Kier molecular flexibility index (Phi) is 22.0. The van der Waals surface area contributed by atoms with E-state index in [2.05, 4.69) is 41.5 Å². The molecule has 268 valence electrons. The zero-order valence-corrected chi connectivity index (χ0v) is 29.9. The first-order chi connectivity index (χ1) is 23.0. The van der Waals surface area contributed by atoms with Crippen LogP contribution in [0.25, 0.3) is 0 Å². The molecule has 47 heavy (non-hydrogen) atoms. The molecule has 2 aromatic carbocycles. The molecule has 0 fully saturated rings. The van der Waals surface area contributed by atoms with E-state index in [0.717, 1.165) is 62.5 Å². The van der Waals surface area contributed by atoms with Crippen LogP contribution in [0.1, 0.15) is 129 Å². The van der Waals surface area contributed by atoms with Gasteiger partial charge in [-0.25, -0.2) is 0 Å². The van der Waals surface area contributed by atoms with Crippen LogP contribution in [-0.4, -0.2) is 52.0 Å². The first kappa shape index (κ1) is 41.3. The Morgan fingerprint density at radius 1 is 0.468 bits per heavy atom. The van der Waals surface area contributed by atoms with Crippen molar-refractivity contribution in [1.82, 2.24) is 0 Å². The van der Waals surface area contributed by atoms with Gasteiger partial charge in [0, 0.05) is 24.0 Å². The minimum Gasteiger partial charge on any atom is -0.329 e. The summed E-state index contributed by atoms with van der Waals surface area (Å²) in [6, 6.07) is 19.5. The monoisotopic (exact) mass is 662 g/mol. The fraction of sp³-hybridized carbons (Fsp3) is 0.684. The van der Waals surface area contributed by atoms with E-state index in [4.69, 9.17) is 42.6 Å². The van der Waals surface area contributed by atoms with Gasteiger partial charge in [-0.3, -0.25) is 9.47 Å². The minimum atomic E-state index is -1.23. The third-order valence-corrected chi connectivity index (χ3v) is 7.10. The average Bonchev–Trinajstić information content (AvgIpc) is 3.12. The van der Waals surface area contributed by atoms with Crippen LogP contribution in [0.15, 0.2) is 60.7 Å². The topological polar surface area (TPSA) is 83.1 Å². The lowest BCUT2D eigenvalue weighted by molar-refractivity contribution is -0.435. The Morgan fingerprint density at radius 2 is 0.809 bits per heavy atom. The number of benzene rings is 2. The van der Waals surface area contributed by atoms with Crippen LogP contribution in [-0.2, 0) is 42.6 Å². The summed E-state index contributed by atoms with van der Waals surface area (Å²) in [6.45, 7) is 14.3. The molecule has 0 aliphatic carbocycles. The molecule has 0 saturated heterocycles. The first-order valence-electron chi connectivity index (χ1n) is 17.8. The van der Waals surface area contributed by atoms with Crippen LogP contribution in [0.5, 0.6) is 0 Å². The lowest BCUT2D eigenvalue weighted by Gasteiger charge is -2.37. The molecule has 0 aliphatic rings. The fourth-order valence-electron chi connectivity index (χ4n) is 4.64. The smallest absolute Gasteiger partial charge is 0.285 e. The van der Waals surface area contributed by atoms with Crippen molar-refractivity contribution in [3.63, 3.8) is 0 Å². The molecule has 0 heterocycles. The van der Waals surface area contributed by atoms with Crippen molar-refractivity contribution in [2.75, 3.05) is 40.0 Å². The highest BCUT2D eigenvalue weighted by molar-refractivity contribution is 5.16. The quantitative estimate of drug-likeness (QED) is 0.0600. The van der Waals surface area contributed by atoms with Gasteiger partial charge in [-0.15, -0.1) is 0 Å². The van der Waals surface area contributed by atoms with Crippen molar-refractivity contribution in [1.29, 1.82) is 0 Å². The first-order valence-corrected chi connectivity index (χ1v) is 17.8. The Hall–Kier alpha value is -1.92. The van der Waals surface area contributed by atoms with E-state index in [1.807, 2.05) is 60.7 Å². The standard InChI is InChI=1S/C38H62O9/c1-7-13-25-37(42-27-9-3,43-28-10-4)46-35(33-21-17-15-18-22-33)40-31-39-32-41-36(34-23-19-16-20-24-34)47-38(26-14-8-2,44-29-11-5)45-30-12-6/h15-24,35-36H,7-14,25-32H2,1-6H3.